The van der Waals surface area contributed by atoms with Gasteiger partial charge in [-0.1, -0.05) is 0 Å². The van der Waals surface area contributed by atoms with Gasteiger partial charge < -0.3 is 15.4 Å². The minimum Gasteiger partial charge on any atom is -0.465 e. The number of rotatable bonds is 4. The van der Waals surface area contributed by atoms with Crippen molar-refractivity contribution in [3.63, 3.8) is 0 Å². The van der Waals surface area contributed by atoms with E-state index >= 15 is 0 Å². The number of esters is 1. The minimum absolute atomic E-state index is 0.374. The molecule has 0 radical (unpaired) electrons. The zero-order valence-electron chi connectivity index (χ0n) is 10.5. The fourth-order valence-corrected chi connectivity index (χ4v) is 2.19. The third kappa shape index (κ3) is 2.76. The average Bonchev–Trinajstić information content (AvgIpc) is 2.87. The number of carbonyl (C=O) groups is 1. The van der Waals surface area contributed by atoms with Gasteiger partial charge in [-0.2, -0.15) is 0 Å². The van der Waals surface area contributed by atoms with Crippen LogP contribution in [0.5, 0.6) is 0 Å². The van der Waals surface area contributed by atoms with E-state index in [1.54, 1.807) is 0 Å². The molecule has 6 heteroatoms. The zero-order chi connectivity index (χ0) is 13.0. The summed E-state index contributed by atoms with van der Waals surface area (Å²) in [5.74, 6) is 0.880. The number of nitrogens with zero attached hydrogens (tertiary/aromatic N) is 3. The number of anilines is 1. The molecule has 0 amide bonds. The molecule has 2 rings (SSSR count). The number of hydrogen-bond donors (Lipinski definition) is 1. The van der Waals surface area contributed by atoms with Crippen LogP contribution in [0, 0.1) is 5.92 Å². The van der Waals surface area contributed by atoms with Crippen molar-refractivity contribution >= 4 is 11.9 Å². The van der Waals surface area contributed by atoms with Crippen molar-refractivity contribution in [3.8, 4) is 0 Å². The molecule has 1 aliphatic heterocycles. The van der Waals surface area contributed by atoms with E-state index in [1.807, 2.05) is 0 Å². The van der Waals surface area contributed by atoms with Gasteiger partial charge in [0.2, 0.25) is 5.95 Å². The molecule has 1 aromatic rings. The summed E-state index contributed by atoms with van der Waals surface area (Å²) in [6, 6.07) is 0. The van der Waals surface area contributed by atoms with Crippen LogP contribution in [0.25, 0.3) is 0 Å². The van der Waals surface area contributed by atoms with E-state index in [-0.39, 0.29) is 0 Å². The van der Waals surface area contributed by atoms with Crippen molar-refractivity contribution < 1.29 is 9.53 Å². The molecule has 1 fully saturated rings. The third-order valence-electron chi connectivity index (χ3n) is 3.20. The summed E-state index contributed by atoms with van der Waals surface area (Å²) in [6.45, 7) is 2.61. The molecule has 6 nitrogen and oxygen atoms in total. The molecular formula is C12H18N4O2. The molecule has 98 valence electrons. The molecule has 0 bridgehead atoms. The first-order valence-corrected chi connectivity index (χ1v) is 6.10. The van der Waals surface area contributed by atoms with Gasteiger partial charge in [0.05, 0.1) is 12.7 Å². The quantitative estimate of drug-likeness (QED) is 0.781. The molecular weight excluding hydrogens is 232 g/mol. The Morgan fingerprint density at radius 3 is 2.89 bits per heavy atom. The van der Waals surface area contributed by atoms with Crippen molar-refractivity contribution in [2.75, 3.05) is 31.6 Å². The SMILES string of the molecule is COC(=O)c1cnc(N2CCC(CCN)C2)nc1. The summed E-state index contributed by atoms with van der Waals surface area (Å²) in [6.07, 6.45) is 5.17. The topological polar surface area (TPSA) is 81.3 Å². The fourth-order valence-electron chi connectivity index (χ4n) is 2.19. The summed E-state index contributed by atoms with van der Waals surface area (Å²) < 4.78 is 4.60. The Morgan fingerprint density at radius 2 is 2.28 bits per heavy atom. The highest BCUT2D eigenvalue weighted by atomic mass is 16.5. The standard InChI is InChI=1S/C12H18N4O2/c1-18-11(17)10-6-14-12(15-7-10)16-5-3-9(8-16)2-4-13/h6-7,9H,2-5,8,13H2,1H3. The van der Waals surface area contributed by atoms with E-state index in [2.05, 4.69) is 19.6 Å². The second-order valence-corrected chi connectivity index (χ2v) is 4.44. The van der Waals surface area contributed by atoms with Crippen molar-refractivity contribution in [2.24, 2.45) is 11.7 Å². The first-order valence-electron chi connectivity index (χ1n) is 6.10. The van der Waals surface area contributed by atoms with E-state index in [9.17, 15) is 4.79 Å². The van der Waals surface area contributed by atoms with Crippen LogP contribution < -0.4 is 10.6 Å². The zero-order valence-corrected chi connectivity index (χ0v) is 10.5. The molecule has 2 N–H and O–H groups in total. The van der Waals surface area contributed by atoms with Crippen LogP contribution in [0.3, 0.4) is 0 Å². The van der Waals surface area contributed by atoms with Crippen LogP contribution in [0.2, 0.25) is 0 Å². The van der Waals surface area contributed by atoms with E-state index in [1.165, 1.54) is 19.5 Å². The highest BCUT2D eigenvalue weighted by Crippen LogP contribution is 2.22. The van der Waals surface area contributed by atoms with Crippen molar-refractivity contribution in [1.29, 1.82) is 0 Å². The van der Waals surface area contributed by atoms with Crippen LogP contribution in [0.1, 0.15) is 23.2 Å². The molecule has 1 unspecified atom stereocenters. The molecule has 1 atom stereocenters. The van der Waals surface area contributed by atoms with Gasteiger partial charge >= 0.3 is 5.97 Å². The van der Waals surface area contributed by atoms with Gasteiger partial charge in [0, 0.05) is 25.5 Å². The maximum atomic E-state index is 11.3. The fraction of sp³-hybridized carbons (Fsp3) is 0.583. The van der Waals surface area contributed by atoms with E-state index < -0.39 is 5.97 Å². The Morgan fingerprint density at radius 1 is 1.56 bits per heavy atom. The van der Waals surface area contributed by atoms with E-state index in [0.29, 0.717) is 17.4 Å². The second-order valence-electron chi connectivity index (χ2n) is 4.44. The summed E-state index contributed by atoms with van der Waals surface area (Å²) in [5.41, 5.74) is 5.93. The summed E-state index contributed by atoms with van der Waals surface area (Å²) in [5, 5.41) is 0. The number of nitrogens with two attached hydrogens (primary N) is 1. The molecule has 0 aromatic carbocycles. The van der Waals surface area contributed by atoms with Gasteiger partial charge in [-0.05, 0) is 25.3 Å². The lowest BCUT2D eigenvalue weighted by Gasteiger charge is -2.15. The van der Waals surface area contributed by atoms with Crippen LogP contribution >= 0.6 is 0 Å². The van der Waals surface area contributed by atoms with Crippen molar-refractivity contribution in [1.82, 2.24) is 9.97 Å². The molecule has 2 heterocycles. The first kappa shape index (κ1) is 12.8. The Hall–Kier alpha value is -1.69. The number of aromatic nitrogens is 2. The molecule has 1 saturated heterocycles. The predicted molar refractivity (Wildman–Crippen MR) is 67.4 cm³/mol. The van der Waals surface area contributed by atoms with Gasteiger partial charge in [0.1, 0.15) is 0 Å². The van der Waals surface area contributed by atoms with Crippen LogP contribution in [-0.4, -0.2) is 42.7 Å². The average molecular weight is 250 g/mol. The molecule has 1 aliphatic rings. The van der Waals surface area contributed by atoms with Gasteiger partial charge in [-0.15, -0.1) is 0 Å². The van der Waals surface area contributed by atoms with Gasteiger partial charge in [0.15, 0.2) is 0 Å². The smallest absolute Gasteiger partial charge is 0.341 e. The maximum Gasteiger partial charge on any atom is 0.341 e. The monoisotopic (exact) mass is 250 g/mol. The molecule has 18 heavy (non-hydrogen) atoms. The molecule has 0 aliphatic carbocycles. The molecule has 1 aromatic heterocycles. The van der Waals surface area contributed by atoms with Crippen molar-refractivity contribution in [2.45, 2.75) is 12.8 Å². The number of carbonyl (C=O) groups excluding carboxylic acids is 1. The van der Waals surface area contributed by atoms with Crippen LogP contribution in [0.15, 0.2) is 12.4 Å². The minimum atomic E-state index is -0.413. The Balaban J connectivity index is 2.00. The predicted octanol–water partition coefficient (Wildman–Crippen LogP) is 0.438. The van der Waals surface area contributed by atoms with Crippen LogP contribution in [-0.2, 0) is 4.74 Å². The largest absolute Gasteiger partial charge is 0.465 e. The van der Waals surface area contributed by atoms with Gasteiger partial charge in [0.25, 0.3) is 0 Å². The lowest BCUT2D eigenvalue weighted by atomic mass is 10.1. The second kappa shape index (κ2) is 5.77. The summed E-state index contributed by atoms with van der Waals surface area (Å²) in [7, 11) is 1.34. The van der Waals surface area contributed by atoms with E-state index in [4.69, 9.17) is 5.73 Å². The highest BCUT2D eigenvalue weighted by molar-refractivity contribution is 5.88. The number of methoxy groups -OCH3 is 1. The highest BCUT2D eigenvalue weighted by Gasteiger charge is 2.23. The third-order valence-corrected chi connectivity index (χ3v) is 3.20. The van der Waals surface area contributed by atoms with Gasteiger partial charge in [-0.3, -0.25) is 0 Å². The molecule has 0 spiro atoms. The Kier molecular flexibility index (Phi) is 4.09. The van der Waals surface area contributed by atoms with Gasteiger partial charge in [-0.25, -0.2) is 14.8 Å². The Labute approximate surface area is 106 Å². The van der Waals surface area contributed by atoms with Crippen molar-refractivity contribution in [3.05, 3.63) is 18.0 Å². The normalized spacial score (nSPS) is 19.0. The lowest BCUT2D eigenvalue weighted by molar-refractivity contribution is 0.0600. The molecule has 0 saturated carbocycles. The number of hydrogen-bond acceptors (Lipinski definition) is 6. The Bertz CT molecular complexity index is 407. The first-order chi connectivity index (χ1) is 8.74. The summed E-state index contributed by atoms with van der Waals surface area (Å²) >= 11 is 0. The van der Waals surface area contributed by atoms with Crippen LogP contribution in [0.4, 0.5) is 5.95 Å². The van der Waals surface area contributed by atoms with E-state index in [0.717, 1.165) is 32.5 Å². The number of ether oxygens (including phenoxy) is 1. The summed E-state index contributed by atoms with van der Waals surface area (Å²) in [4.78, 5) is 21.8. The lowest BCUT2D eigenvalue weighted by Crippen LogP contribution is -2.23. The maximum absolute atomic E-state index is 11.3.